The highest BCUT2D eigenvalue weighted by Gasteiger charge is 2.33. The minimum absolute atomic E-state index is 0.0570. The number of carbonyl (C=O) groups excluding carboxylic acids is 3. The van der Waals surface area contributed by atoms with Crippen molar-refractivity contribution >= 4 is 17.7 Å². The van der Waals surface area contributed by atoms with Gasteiger partial charge in [0.15, 0.2) is 0 Å². The molecule has 41 heavy (non-hydrogen) atoms. The maximum Gasteiger partial charge on any atom is 0.249 e. The fourth-order valence-corrected chi connectivity index (χ4v) is 5.23. The molecular weight excluding hydrogens is 518 g/mol. The van der Waals surface area contributed by atoms with Gasteiger partial charge in [-0.1, -0.05) is 97.1 Å². The summed E-state index contributed by atoms with van der Waals surface area (Å²) in [5, 5.41) is 28.1. The summed E-state index contributed by atoms with van der Waals surface area (Å²) in [5.74, 6) is -0.735. The van der Waals surface area contributed by atoms with Crippen molar-refractivity contribution < 1.29 is 24.6 Å². The molecule has 0 aromatic rings. The third kappa shape index (κ3) is 17.6. The van der Waals surface area contributed by atoms with Crippen LogP contribution < -0.4 is 16.0 Å². The average molecular weight is 580 g/mol. The van der Waals surface area contributed by atoms with Gasteiger partial charge in [0.1, 0.15) is 6.10 Å². The third-order valence-electron chi connectivity index (χ3n) is 8.17. The van der Waals surface area contributed by atoms with Gasteiger partial charge in [-0.05, 0) is 44.9 Å². The molecule has 0 bridgehead atoms. The van der Waals surface area contributed by atoms with Crippen molar-refractivity contribution in [3.8, 4) is 0 Å². The topological polar surface area (TPSA) is 128 Å². The Bertz CT molecular complexity index is 755. The molecule has 0 heterocycles. The molecular formula is C33H61N3O5. The highest BCUT2D eigenvalue weighted by molar-refractivity contribution is 5.82. The van der Waals surface area contributed by atoms with Crippen LogP contribution in [0.5, 0.6) is 0 Å². The first-order valence-electron chi connectivity index (χ1n) is 16.5. The Hall–Kier alpha value is -1.93. The summed E-state index contributed by atoms with van der Waals surface area (Å²) in [5.41, 5.74) is -0.954. The van der Waals surface area contributed by atoms with Crippen molar-refractivity contribution in [3.05, 3.63) is 12.2 Å². The Morgan fingerprint density at radius 2 is 1.27 bits per heavy atom. The molecule has 8 nitrogen and oxygen atoms in total. The van der Waals surface area contributed by atoms with E-state index in [1.165, 1.54) is 57.8 Å². The first-order chi connectivity index (χ1) is 19.7. The molecule has 8 heteroatoms. The maximum absolute atomic E-state index is 12.6. The van der Waals surface area contributed by atoms with Crippen LogP contribution in [0.4, 0.5) is 0 Å². The van der Waals surface area contributed by atoms with Crippen LogP contribution in [0, 0.1) is 5.41 Å². The second kappa shape index (κ2) is 22.6. The molecule has 0 aliphatic heterocycles. The van der Waals surface area contributed by atoms with Crippen LogP contribution in [0.2, 0.25) is 0 Å². The number of carbonyl (C=O) groups is 3. The molecule has 1 aliphatic rings. The van der Waals surface area contributed by atoms with Gasteiger partial charge in [-0.25, -0.2) is 0 Å². The van der Waals surface area contributed by atoms with E-state index in [1.54, 1.807) is 13.8 Å². The summed E-state index contributed by atoms with van der Waals surface area (Å²) < 4.78 is 0. The van der Waals surface area contributed by atoms with Crippen molar-refractivity contribution in [2.75, 3.05) is 13.2 Å². The van der Waals surface area contributed by atoms with Crippen molar-refractivity contribution in [2.45, 2.75) is 161 Å². The molecule has 1 rings (SSSR count). The Labute approximate surface area is 249 Å². The van der Waals surface area contributed by atoms with E-state index in [1.807, 2.05) is 0 Å². The molecule has 5 N–H and O–H groups in total. The lowest BCUT2D eigenvalue weighted by atomic mass is 9.87. The maximum atomic E-state index is 12.6. The number of hydrogen-bond donors (Lipinski definition) is 5. The number of rotatable bonds is 23. The lowest BCUT2D eigenvalue weighted by molar-refractivity contribution is -0.137. The van der Waals surface area contributed by atoms with Crippen LogP contribution in [-0.2, 0) is 14.4 Å². The first kappa shape index (κ1) is 37.1. The standard InChI is InChI=1S/C33H61N3O5/c1-4-5-6-7-8-9-10-11-12-13-14-15-16-17-18-23-29(38)35-27-21-19-20-22-28(27)36-30(39)24-25-34-32(41)31(40)33(2,3)26-37/h11-12,27-28,31,37,40H,4-10,13-26H2,1-3H3,(H,34,41)(H,35,38)(H,36,39)/t27-,28-,31+/m1/s1. The monoisotopic (exact) mass is 579 g/mol. The molecule has 1 saturated carbocycles. The lowest BCUT2D eigenvalue weighted by Crippen LogP contribution is -2.53. The Balaban J connectivity index is 2.15. The van der Waals surface area contributed by atoms with Gasteiger partial charge in [0.05, 0.1) is 6.61 Å². The Morgan fingerprint density at radius 3 is 1.80 bits per heavy atom. The fourth-order valence-electron chi connectivity index (χ4n) is 5.23. The summed E-state index contributed by atoms with van der Waals surface area (Å²) >= 11 is 0. The zero-order valence-corrected chi connectivity index (χ0v) is 26.4. The number of allylic oxidation sites excluding steroid dienone is 2. The van der Waals surface area contributed by atoms with Crippen molar-refractivity contribution in [1.29, 1.82) is 0 Å². The van der Waals surface area contributed by atoms with Crippen molar-refractivity contribution in [3.63, 3.8) is 0 Å². The molecule has 3 amide bonds. The van der Waals surface area contributed by atoms with Gasteiger partial charge in [-0.3, -0.25) is 14.4 Å². The summed E-state index contributed by atoms with van der Waals surface area (Å²) in [7, 11) is 0. The summed E-state index contributed by atoms with van der Waals surface area (Å²) in [6.45, 7) is 5.22. The quantitative estimate of drug-likeness (QED) is 0.0812. The zero-order chi connectivity index (χ0) is 30.3. The second-order valence-electron chi connectivity index (χ2n) is 12.6. The largest absolute Gasteiger partial charge is 0.396 e. The Kier molecular flexibility index (Phi) is 20.5. The molecule has 0 saturated heterocycles. The molecule has 238 valence electrons. The van der Waals surface area contributed by atoms with Gasteiger partial charge in [-0.2, -0.15) is 0 Å². The highest BCUT2D eigenvalue weighted by Crippen LogP contribution is 2.20. The summed E-state index contributed by atoms with van der Waals surface area (Å²) in [6.07, 6.45) is 23.6. The van der Waals surface area contributed by atoms with Gasteiger partial charge in [0.2, 0.25) is 17.7 Å². The molecule has 0 aromatic carbocycles. The lowest BCUT2D eigenvalue weighted by Gasteiger charge is -2.33. The predicted molar refractivity (Wildman–Crippen MR) is 166 cm³/mol. The fraction of sp³-hybridized carbons (Fsp3) is 0.848. The average Bonchev–Trinajstić information content (AvgIpc) is 2.95. The molecule has 3 atom stereocenters. The number of amides is 3. The summed E-state index contributed by atoms with van der Waals surface area (Å²) in [4.78, 5) is 37.2. The van der Waals surface area contributed by atoms with E-state index in [2.05, 4.69) is 35.0 Å². The van der Waals surface area contributed by atoms with Gasteiger partial charge < -0.3 is 26.2 Å². The van der Waals surface area contributed by atoms with E-state index in [-0.39, 0.29) is 43.5 Å². The minimum Gasteiger partial charge on any atom is -0.396 e. The molecule has 1 aliphatic carbocycles. The highest BCUT2D eigenvalue weighted by atomic mass is 16.3. The SMILES string of the molecule is CCCCCCCCC=CCCCCCCCC(=O)N[C@@H]1CCCC[C@H]1NC(=O)CCNC(=O)[C@H](O)C(C)(C)CO. The van der Waals surface area contributed by atoms with E-state index in [4.69, 9.17) is 0 Å². The molecule has 0 spiro atoms. The van der Waals surface area contributed by atoms with E-state index in [0.717, 1.165) is 51.4 Å². The number of aliphatic hydroxyl groups is 2. The molecule has 0 aromatic heterocycles. The molecule has 0 radical (unpaired) electrons. The number of hydrogen-bond acceptors (Lipinski definition) is 5. The van der Waals surface area contributed by atoms with Crippen LogP contribution in [-0.4, -0.2) is 59.3 Å². The van der Waals surface area contributed by atoms with Crippen LogP contribution in [0.1, 0.15) is 143 Å². The van der Waals surface area contributed by atoms with E-state index in [9.17, 15) is 24.6 Å². The minimum atomic E-state index is -1.35. The summed E-state index contributed by atoms with van der Waals surface area (Å²) in [6, 6.07) is -0.172. The van der Waals surface area contributed by atoms with Gasteiger partial charge >= 0.3 is 0 Å². The van der Waals surface area contributed by atoms with Gasteiger partial charge in [-0.15, -0.1) is 0 Å². The first-order valence-corrected chi connectivity index (χ1v) is 16.5. The molecule has 0 unspecified atom stereocenters. The normalized spacial score (nSPS) is 18.3. The number of aliphatic hydroxyl groups excluding tert-OH is 2. The smallest absolute Gasteiger partial charge is 0.249 e. The predicted octanol–water partition coefficient (Wildman–Crippen LogP) is 5.45. The van der Waals surface area contributed by atoms with E-state index < -0.39 is 17.4 Å². The number of unbranched alkanes of at least 4 members (excludes halogenated alkanes) is 11. The van der Waals surface area contributed by atoms with Crippen LogP contribution in [0.25, 0.3) is 0 Å². The van der Waals surface area contributed by atoms with Gasteiger partial charge in [0.25, 0.3) is 0 Å². The zero-order valence-electron chi connectivity index (χ0n) is 26.4. The van der Waals surface area contributed by atoms with Crippen LogP contribution in [0.3, 0.4) is 0 Å². The van der Waals surface area contributed by atoms with Crippen LogP contribution in [0.15, 0.2) is 12.2 Å². The van der Waals surface area contributed by atoms with Crippen molar-refractivity contribution in [1.82, 2.24) is 16.0 Å². The van der Waals surface area contributed by atoms with E-state index >= 15 is 0 Å². The van der Waals surface area contributed by atoms with Crippen LogP contribution >= 0.6 is 0 Å². The van der Waals surface area contributed by atoms with Crippen molar-refractivity contribution in [2.24, 2.45) is 5.41 Å². The third-order valence-corrected chi connectivity index (χ3v) is 8.17. The molecule has 1 fully saturated rings. The number of nitrogens with one attached hydrogen (secondary N) is 3. The van der Waals surface area contributed by atoms with E-state index in [0.29, 0.717) is 6.42 Å². The second-order valence-corrected chi connectivity index (χ2v) is 12.6. The Morgan fingerprint density at radius 1 is 0.780 bits per heavy atom. The van der Waals surface area contributed by atoms with Gasteiger partial charge in [0, 0.05) is 36.9 Å².